The predicted molar refractivity (Wildman–Crippen MR) is 76.0 cm³/mol. The molecule has 112 valence electrons. The van der Waals surface area contributed by atoms with Gasteiger partial charge in [0.15, 0.2) is 17.3 Å². The average molecular weight is 300 g/mol. The Hall–Kier alpha value is -3.02. The molecule has 0 saturated heterocycles. The lowest BCUT2D eigenvalue weighted by Crippen LogP contribution is -2.22. The SMILES string of the molecule is COc1c(O)c(C)cc2c1C(=O)c1c(O)cc(O)cc1C2=O. The number of aryl methyl sites for hydroxylation is 1. The van der Waals surface area contributed by atoms with Gasteiger partial charge in [0.1, 0.15) is 11.5 Å². The van der Waals surface area contributed by atoms with E-state index in [1.165, 1.54) is 13.2 Å². The van der Waals surface area contributed by atoms with Crippen LogP contribution in [0.5, 0.6) is 23.0 Å². The molecule has 3 N–H and O–H groups in total. The molecule has 1 aliphatic rings. The lowest BCUT2D eigenvalue weighted by Gasteiger charge is -2.22. The number of methoxy groups -OCH3 is 1. The maximum Gasteiger partial charge on any atom is 0.202 e. The molecule has 6 heteroatoms. The van der Waals surface area contributed by atoms with Gasteiger partial charge < -0.3 is 20.1 Å². The molecule has 1 aliphatic carbocycles. The monoisotopic (exact) mass is 300 g/mol. The number of benzene rings is 2. The van der Waals surface area contributed by atoms with E-state index in [0.717, 1.165) is 12.1 Å². The number of hydrogen-bond donors (Lipinski definition) is 3. The minimum Gasteiger partial charge on any atom is -0.508 e. The smallest absolute Gasteiger partial charge is 0.202 e. The summed E-state index contributed by atoms with van der Waals surface area (Å²) >= 11 is 0. The molecular formula is C16H12O6. The first-order chi connectivity index (χ1) is 10.4. The van der Waals surface area contributed by atoms with Gasteiger partial charge in [0.05, 0.1) is 18.2 Å². The molecule has 0 heterocycles. The molecule has 3 rings (SSSR count). The number of phenols is 3. The first-order valence-electron chi connectivity index (χ1n) is 6.42. The Kier molecular flexibility index (Phi) is 2.84. The summed E-state index contributed by atoms with van der Waals surface area (Å²) in [6, 6.07) is 3.50. The summed E-state index contributed by atoms with van der Waals surface area (Å²) in [6.45, 7) is 1.57. The van der Waals surface area contributed by atoms with Gasteiger partial charge in [0.2, 0.25) is 5.78 Å². The van der Waals surface area contributed by atoms with Crippen molar-refractivity contribution in [3.8, 4) is 23.0 Å². The topological polar surface area (TPSA) is 104 Å². The highest BCUT2D eigenvalue weighted by Crippen LogP contribution is 2.43. The molecule has 0 amide bonds. The maximum absolute atomic E-state index is 12.6. The van der Waals surface area contributed by atoms with Gasteiger partial charge in [0.25, 0.3) is 0 Å². The van der Waals surface area contributed by atoms with Crippen molar-refractivity contribution in [2.24, 2.45) is 0 Å². The minimum atomic E-state index is -0.644. The first-order valence-corrected chi connectivity index (χ1v) is 6.42. The van der Waals surface area contributed by atoms with E-state index in [1.54, 1.807) is 6.92 Å². The quantitative estimate of drug-likeness (QED) is 0.634. The van der Waals surface area contributed by atoms with Gasteiger partial charge in [-0.25, -0.2) is 0 Å². The molecule has 22 heavy (non-hydrogen) atoms. The molecule has 0 unspecified atom stereocenters. The van der Waals surface area contributed by atoms with Crippen LogP contribution < -0.4 is 4.74 Å². The van der Waals surface area contributed by atoms with Crippen molar-refractivity contribution in [1.82, 2.24) is 0 Å². The van der Waals surface area contributed by atoms with E-state index in [0.29, 0.717) is 5.56 Å². The third-order valence-electron chi connectivity index (χ3n) is 3.70. The van der Waals surface area contributed by atoms with Gasteiger partial charge in [0, 0.05) is 17.2 Å². The third-order valence-corrected chi connectivity index (χ3v) is 3.70. The van der Waals surface area contributed by atoms with Gasteiger partial charge in [-0.2, -0.15) is 0 Å². The standard InChI is InChI=1S/C16H12O6/c1-6-3-8-12(16(22-2)13(6)19)15(21)11-9(14(8)20)4-7(17)5-10(11)18/h3-5,17-19H,1-2H3. The molecule has 0 atom stereocenters. The fourth-order valence-electron chi connectivity index (χ4n) is 2.68. The van der Waals surface area contributed by atoms with Crippen LogP contribution in [0.4, 0.5) is 0 Å². The Balaban J connectivity index is 2.41. The molecule has 0 aromatic heterocycles. The van der Waals surface area contributed by atoms with Crippen molar-refractivity contribution >= 4 is 11.6 Å². The number of phenolic OH excluding ortho intramolecular Hbond substituents is 3. The van der Waals surface area contributed by atoms with Crippen molar-refractivity contribution in [3.63, 3.8) is 0 Å². The highest BCUT2D eigenvalue weighted by Gasteiger charge is 2.36. The number of hydrogen-bond acceptors (Lipinski definition) is 6. The highest BCUT2D eigenvalue weighted by molar-refractivity contribution is 6.30. The Labute approximate surface area is 125 Å². The normalized spacial score (nSPS) is 12.8. The Morgan fingerprint density at radius 2 is 1.55 bits per heavy atom. The van der Waals surface area contributed by atoms with Crippen LogP contribution >= 0.6 is 0 Å². The second kappa shape index (κ2) is 4.49. The summed E-state index contributed by atoms with van der Waals surface area (Å²) in [7, 11) is 1.28. The molecule has 0 radical (unpaired) electrons. The Morgan fingerprint density at radius 3 is 2.18 bits per heavy atom. The largest absolute Gasteiger partial charge is 0.508 e. The average Bonchev–Trinajstić information content (AvgIpc) is 2.46. The van der Waals surface area contributed by atoms with Crippen LogP contribution in [-0.4, -0.2) is 34.0 Å². The van der Waals surface area contributed by atoms with Crippen molar-refractivity contribution < 1.29 is 29.6 Å². The number of fused-ring (bicyclic) bond motifs is 2. The number of carbonyl (C=O) groups is 2. The van der Waals surface area contributed by atoms with Gasteiger partial charge in [-0.15, -0.1) is 0 Å². The summed E-state index contributed by atoms with van der Waals surface area (Å²) < 4.78 is 5.07. The van der Waals surface area contributed by atoms with E-state index in [1.807, 2.05) is 0 Å². The van der Waals surface area contributed by atoms with Crippen LogP contribution in [0.2, 0.25) is 0 Å². The van der Waals surface area contributed by atoms with Crippen molar-refractivity contribution in [2.45, 2.75) is 6.92 Å². The number of carbonyl (C=O) groups excluding carboxylic acids is 2. The fraction of sp³-hybridized carbons (Fsp3) is 0.125. The molecule has 0 saturated carbocycles. The zero-order chi connectivity index (χ0) is 16.2. The number of ketones is 2. The zero-order valence-electron chi connectivity index (χ0n) is 11.8. The second-order valence-corrected chi connectivity index (χ2v) is 5.04. The van der Waals surface area contributed by atoms with Crippen molar-refractivity contribution in [3.05, 3.63) is 46.0 Å². The summed E-state index contributed by atoms with van der Waals surface area (Å²) in [5.41, 5.74) is 0.0577. The summed E-state index contributed by atoms with van der Waals surface area (Å²) in [4.78, 5) is 25.2. The van der Waals surface area contributed by atoms with Crippen LogP contribution in [0.1, 0.15) is 37.4 Å². The molecule has 0 aliphatic heterocycles. The van der Waals surface area contributed by atoms with E-state index in [-0.39, 0.29) is 39.5 Å². The van der Waals surface area contributed by atoms with E-state index in [9.17, 15) is 24.9 Å². The minimum absolute atomic E-state index is 0.0645. The molecular weight excluding hydrogens is 288 g/mol. The number of aromatic hydroxyl groups is 3. The Morgan fingerprint density at radius 1 is 0.909 bits per heavy atom. The number of ether oxygens (including phenoxy) is 1. The summed E-state index contributed by atoms with van der Waals surface area (Å²) in [6.07, 6.45) is 0. The molecule has 6 nitrogen and oxygen atoms in total. The van der Waals surface area contributed by atoms with Gasteiger partial charge in [-0.1, -0.05) is 0 Å². The van der Waals surface area contributed by atoms with Crippen LogP contribution in [0.15, 0.2) is 18.2 Å². The lowest BCUT2D eigenvalue weighted by atomic mass is 9.82. The summed E-state index contributed by atoms with van der Waals surface area (Å²) in [5, 5.41) is 29.5. The first kappa shape index (κ1) is 13.9. The van der Waals surface area contributed by atoms with Crippen molar-refractivity contribution in [2.75, 3.05) is 7.11 Å². The van der Waals surface area contributed by atoms with Crippen LogP contribution in [0.25, 0.3) is 0 Å². The van der Waals surface area contributed by atoms with Crippen LogP contribution in [-0.2, 0) is 0 Å². The highest BCUT2D eigenvalue weighted by atomic mass is 16.5. The fourth-order valence-corrected chi connectivity index (χ4v) is 2.68. The number of rotatable bonds is 1. The molecule has 2 aromatic rings. The maximum atomic E-state index is 12.6. The summed E-state index contributed by atoms with van der Waals surface area (Å²) in [5.74, 6) is -2.33. The van der Waals surface area contributed by atoms with Crippen molar-refractivity contribution in [1.29, 1.82) is 0 Å². The zero-order valence-corrected chi connectivity index (χ0v) is 11.8. The predicted octanol–water partition coefficient (Wildman–Crippen LogP) is 1.90. The van der Waals surface area contributed by atoms with E-state index in [2.05, 4.69) is 0 Å². The van der Waals surface area contributed by atoms with Gasteiger partial charge in [-0.05, 0) is 24.6 Å². The van der Waals surface area contributed by atoms with Crippen LogP contribution in [0, 0.1) is 6.92 Å². The second-order valence-electron chi connectivity index (χ2n) is 5.04. The molecule has 0 bridgehead atoms. The molecule has 0 fully saturated rings. The van der Waals surface area contributed by atoms with Gasteiger partial charge >= 0.3 is 0 Å². The lowest BCUT2D eigenvalue weighted by molar-refractivity contribution is 0.0973. The van der Waals surface area contributed by atoms with E-state index < -0.39 is 17.3 Å². The molecule has 0 spiro atoms. The van der Waals surface area contributed by atoms with E-state index in [4.69, 9.17) is 4.74 Å². The van der Waals surface area contributed by atoms with Crippen LogP contribution in [0.3, 0.4) is 0 Å². The van der Waals surface area contributed by atoms with E-state index >= 15 is 0 Å². The Bertz CT molecular complexity index is 850. The third kappa shape index (κ3) is 1.67. The molecule has 2 aromatic carbocycles. The van der Waals surface area contributed by atoms with Gasteiger partial charge in [-0.3, -0.25) is 9.59 Å².